The van der Waals surface area contributed by atoms with Gasteiger partial charge < -0.3 is 10.2 Å². The summed E-state index contributed by atoms with van der Waals surface area (Å²) < 4.78 is 13.2. The molecule has 1 unspecified atom stereocenters. The molecule has 1 N–H and O–H groups in total. The van der Waals surface area contributed by atoms with Gasteiger partial charge in [0.1, 0.15) is 11.9 Å². The van der Waals surface area contributed by atoms with Crippen molar-refractivity contribution in [1.29, 1.82) is 0 Å². The standard InChI is InChI=1S/C13H15FN2O2/c1-8-7-10(3-4-11(8)14)13(18)16-6-5-15-12(17)9(16)2/h3-4,7,9H,5-6H2,1-2H3,(H,15,17). The molecule has 5 heteroatoms. The average molecular weight is 250 g/mol. The molecule has 0 saturated carbocycles. The summed E-state index contributed by atoms with van der Waals surface area (Å²) in [5.74, 6) is -0.732. The lowest BCUT2D eigenvalue weighted by atomic mass is 10.1. The molecule has 1 aliphatic rings. The van der Waals surface area contributed by atoms with E-state index in [9.17, 15) is 14.0 Å². The number of hydrogen-bond donors (Lipinski definition) is 1. The maximum atomic E-state index is 13.2. The van der Waals surface area contributed by atoms with Gasteiger partial charge in [-0.3, -0.25) is 9.59 Å². The summed E-state index contributed by atoms with van der Waals surface area (Å²) in [6.07, 6.45) is 0. The third-order valence-corrected chi connectivity index (χ3v) is 3.16. The zero-order valence-corrected chi connectivity index (χ0v) is 10.4. The topological polar surface area (TPSA) is 49.4 Å². The highest BCUT2D eigenvalue weighted by Crippen LogP contribution is 2.14. The van der Waals surface area contributed by atoms with E-state index in [2.05, 4.69) is 5.32 Å². The van der Waals surface area contributed by atoms with E-state index in [1.807, 2.05) is 0 Å². The molecule has 0 spiro atoms. The van der Waals surface area contributed by atoms with Crippen molar-refractivity contribution in [3.8, 4) is 0 Å². The van der Waals surface area contributed by atoms with Gasteiger partial charge in [-0.2, -0.15) is 0 Å². The Labute approximate surface area is 105 Å². The fraction of sp³-hybridized carbons (Fsp3) is 0.385. The number of aryl methyl sites for hydroxylation is 1. The minimum absolute atomic E-state index is 0.159. The second-order valence-corrected chi connectivity index (χ2v) is 4.43. The molecule has 1 fully saturated rings. The van der Waals surface area contributed by atoms with Crippen molar-refractivity contribution >= 4 is 11.8 Å². The van der Waals surface area contributed by atoms with Crippen LogP contribution in [0.25, 0.3) is 0 Å². The zero-order chi connectivity index (χ0) is 13.3. The number of rotatable bonds is 1. The molecule has 96 valence electrons. The summed E-state index contributed by atoms with van der Waals surface area (Å²) in [6.45, 7) is 4.22. The predicted molar refractivity (Wildman–Crippen MR) is 64.6 cm³/mol. The van der Waals surface area contributed by atoms with Crippen molar-refractivity contribution in [3.63, 3.8) is 0 Å². The van der Waals surface area contributed by atoms with Gasteiger partial charge in [0.25, 0.3) is 5.91 Å². The minimum atomic E-state index is -0.489. The van der Waals surface area contributed by atoms with Crippen LogP contribution in [0.4, 0.5) is 4.39 Å². The van der Waals surface area contributed by atoms with Crippen LogP contribution in [0.2, 0.25) is 0 Å². The molecule has 1 aromatic rings. The van der Waals surface area contributed by atoms with E-state index in [1.54, 1.807) is 13.8 Å². The molecule has 1 heterocycles. The Bertz CT molecular complexity index is 502. The molecule has 0 aromatic heterocycles. The highest BCUT2D eigenvalue weighted by atomic mass is 19.1. The first-order valence-electron chi connectivity index (χ1n) is 5.85. The maximum Gasteiger partial charge on any atom is 0.254 e. The number of halogens is 1. The molecular weight excluding hydrogens is 235 g/mol. The van der Waals surface area contributed by atoms with Crippen molar-refractivity contribution in [3.05, 3.63) is 35.1 Å². The van der Waals surface area contributed by atoms with E-state index in [1.165, 1.54) is 23.1 Å². The van der Waals surface area contributed by atoms with Crippen molar-refractivity contribution in [2.45, 2.75) is 19.9 Å². The van der Waals surface area contributed by atoms with Crippen molar-refractivity contribution in [1.82, 2.24) is 10.2 Å². The third kappa shape index (κ3) is 2.20. The Morgan fingerprint density at radius 1 is 1.50 bits per heavy atom. The number of carbonyl (C=O) groups is 2. The van der Waals surface area contributed by atoms with E-state index in [0.29, 0.717) is 24.2 Å². The summed E-state index contributed by atoms with van der Waals surface area (Å²) in [4.78, 5) is 25.2. The van der Waals surface area contributed by atoms with Crippen LogP contribution in [0.5, 0.6) is 0 Å². The van der Waals surface area contributed by atoms with E-state index in [-0.39, 0.29) is 17.6 Å². The molecular formula is C13H15FN2O2. The minimum Gasteiger partial charge on any atom is -0.353 e. The van der Waals surface area contributed by atoms with Gasteiger partial charge >= 0.3 is 0 Å². The van der Waals surface area contributed by atoms with Gasteiger partial charge in [-0.25, -0.2) is 4.39 Å². The Morgan fingerprint density at radius 3 is 2.89 bits per heavy atom. The Hall–Kier alpha value is -1.91. The third-order valence-electron chi connectivity index (χ3n) is 3.16. The fourth-order valence-corrected chi connectivity index (χ4v) is 2.00. The molecule has 2 rings (SSSR count). The summed E-state index contributed by atoms with van der Waals surface area (Å²) in [7, 11) is 0. The lowest BCUT2D eigenvalue weighted by molar-refractivity contribution is -0.127. The van der Waals surface area contributed by atoms with Gasteiger partial charge in [-0.05, 0) is 37.6 Å². The number of nitrogens with zero attached hydrogens (tertiary/aromatic N) is 1. The van der Waals surface area contributed by atoms with Gasteiger partial charge in [0.05, 0.1) is 0 Å². The lowest BCUT2D eigenvalue weighted by Crippen LogP contribution is -2.55. The van der Waals surface area contributed by atoms with Crippen LogP contribution in [-0.4, -0.2) is 35.8 Å². The number of amides is 2. The average Bonchev–Trinajstić information content (AvgIpc) is 2.35. The summed E-state index contributed by atoms with van der Waals surface area (Å²) in [6, 6.07) is 3.74. The Kier molecular flexibility index (Phi) is 3.32. The molecule has 0 aliphatic carbocycles. The number of hydrogen-bond acceptors (Lipinski definition) is 2. The van der Waals surface area contributed by atoms with E-state index < -0.39 is 6.04 Å². The van der Waals surface area contributed by atoms with Crippen LogP contribution in [0, 0.1) is 12.7 Å². The Morgan fingerprint density at radius 2 is 2.22 bits per heavy atom. The molecule has 0 bridgehead atoms. The Balaban J connectivity index is 2.25. The van der Waals surface area contributed by atoms with Gasteiger partial charge in [0, 0.05) is 18.7 Å². The van der Waals surface area contributed by atoms with Crippen LogP contribution in [0.3, 0.4) is 0 Å². The first-order chi connectivity index (χ1) is 8.50. The van der Waals surface area contributed by atoms with Crippen molar-refractivity contribution in [2.75, 3.05) is 13.1 Å². The number of piperazine rings is 1. The lowest BCUT2D eigenvalue weighted by Gasteiger charge is -2.32. The second-order valence-electron chi connectivity index (χ2n) is 4.43. The zero-order valence-electron chi connectivity index (χ0n) is 10.4. The number of benzene rings is 1. The monoisotopic (exact) mass is 250 g/mol. The van der Waals surface area contributed by atoms with Crippen LogP contribution < -0.4 is 5.32 Å². The van der Waals surface area contributed by atoms with E-state index in [0.717, 1.165) is 0 Å². The van der Waals surface area contributed by atoms with Gasteiger partial charge in [0.2, 0.25) is 5.91 Å². The number of nitrogens with one attached hydrogen (secondary N) is 1. The molecule has 2 amide bonds. The molecule has 1 atom stereocenters. The van der Waals surface area contributed by atoms with E-state index in [4.69, 9.17) is 0 Å². The first-order valence-corrected chi connectivity index (χ1v) is 5.85. The maximum absolute atomic E-state index is 13.2. The van der Waals surface area contributed by atoms with Crippen LogP contribution >= 0.6 is 0 Å². The van der Waals surface area contributed by atoms with Gasteiger partial charge in [0.15, 0.2) is 0 Å². The SMILES string of the molecule is Cc1cc(C(=O)N2CCNC(=O)C2C)ccc1F. The normalized spacial score (nSPS) is 19.6. The van der Waals surface area contributed by atoms with Crippen LogP contribution in [-0.2, 0) is 4.79 Å². The van der Waals surface area contributed by atoms with Crippen LogP contribution in [0.15, 0.2) is 18.2 Å². The van der Waals surface area contributed by atoms with Gasteiger partial charge in [-0.15, -0.1) is 0 Å². The smallest absolute Gasteiger partial charge is 0.254 e. The first kappa shape index (κ1) is 12.5. The second kappa shape index (κ2) is 4.76. The quantitative estimate of drug-likeness (QED) is 0.811. The molecule has 0 radical (unpaired) electrons. The summed E-state index contributed by atoms with van der Waals surface area (Å²) in [5, 5.41) is 2.70. The fourth-order valence-electron chi connectivity index (χ4n) is 2.00. The van der Waals surface area contributed by atoms with Crippen molar-refractivity contribution < 1.29 is 14.0 Å². The summed E-state index contributed by atoms with van der Waals surface area (Å²) >= 11 is 0. The number of carbonyl (C=O) groups excluding carboxylic acids is 2. The van der Waals surface area contributed by atoms with Crippen molar-refractivity contribution in [2.24, 2.45) is 0 Å². The summed E-state index contributed by atoms with van der Waals surface area (Å²) in [5.41, 5.74) is 0.838. The largest absolute Gasteiger partial charge is 0.353 e. The molecule has 1 aromatic carbocycles. The van der Waals surface area contributed by atoms with E-state index >= 15 is 0 Å². The highest BCUT2D eigenvalue weighted by molar-refractivity contribution is 5.98. The molecule has 1 saturated heterocycles. The highest BCUT2D eigenvalue weighted by Gasteiger charge is 2.29. The van der Waals surface area contributed by atoms with Gasteiger partial charge in [-0.1, -0.05) is 0 Å². The molecule has 18 heavy (non-hydrogen) atoms. The van der Waals surface area contributed by atoms with Crippen LogP contribution in [0.1, 0.15) is 22.8 Å². The predicted octanol–water partition coefficient (Wildman–Crippen LogP) is 1.09. The molecule has 4 nitrogen and oxygen atoms in total. The molecule has 1 aliphatic heterocycles.